The van der Waals surface area contributed by atoms with E-state index >= 15 is 0 Å². The zero-order chi connectivity index (χ0) is 19.1. The summed E-state index contributed by atoms with van der Waals surface area (Å²) in [5, 5.41) is 16.3. The van der Waals surface area contributed by atoms with Gasteiger partial charge in [0.2, 0.25) is 11.7 Å². The number of nitrogens with zero attached hydrogens (tertiary/aromatic N) is 3. The second kappa shape index (κ2) is 8.72. The van der Waals surface area contributed by atoms with Gasteiger partial charge in [0.15, 0.2) is 0 Å². The summed E-state index contributed by atoms with van der Waals surface area (Å²) >= 11 is 0. The van der Waals surface area contributed by atoms with Crippen molar-refractivity contribution in [2.75, 3.05) is 18.5 Å². The summed E-state index contributed by atoms with van der Waals surface area (Å²) in [7, 11) is 0. The highest BCUT2D eigenvalue weighted by Crippen LogP contribution is 2.26. The highest BCUT2D eigenvalue weighted by atomic mass is 16.5. The molecule has 27 heavy (non-hydrogen) atoms. The fourth-order valence-electron chi connectivity index (χ4n) is 2.50. The van der Waals surface area contributed by atoms with Crippen LogP contribution in [0.3, 0.4) is 0 Å². The van der Waals surface area contributed by atoms with Crippen LogP contribution in [0.1, 0.15) is 25.3 Å². The van der Waals surface area contributed by atoms with E-state index in [1.165, 1.54) is 0 Å². The van der Waals surface area contributed by atoms with Crippen LogP contribution in [0.2, 0.25) is 0 Å². The van der Waals surface area contributed by atoms with Crippen LogP contribution >= 0.6 is 0 Å². The van der Waals surface area contributed by atoms with Crippen LogP contribution in [0, 0.1) is 11.3 Å². The zero-order valence-electron chi connectivity index (χ0n) is 15.2. The van der Waals surface area contributed by atoms with E-state index in [0.29, 0.717) is 48.5 Å². The predicted molar refractivity (Wildman–Crippen MR) is 101 cm³/mol. The van der Waals surface area contributed by atoms with Gasteiger partial charge in [-0.25, -0.2) is 0 Å². The Labute approximate surface area is 157 Å². The third kappa shape index (κ3) is 4.55. The largest absolute Gasteiger partial charge is 0.494 e. The Kier molecular flexibility index (Phi) is 5.90. The second-order valence-corrected chi connectivity index (χ2v) is 5.58. The Bertz CT molecular complexity index is 929. The molecule has 0 radical (unpaired) electrons. The molecule has 0 unspecified atom stereocenters. The van der Waals surface area contributed by atoms with Crippen LogP contribution in [0.15, 0.2) is 47.0 Å². The molecular formula is C20H20N4O3. The summed E-state index contributed by atoms with van der Waals surface area (Å²) < 4.78 is 16.3. The molecule has 0 spiro atoms. The first-order chi connectivity index (χ1) is 13.2. The van der Waals surface area contributed by atoms with E-state index in [-0.39, 0.29) is 0 Å². The Balaban J connectivity index is 1.70. The van der Waals surface area contributed by atoms with Crippen LogP contribution in [0.4, 0.5) is 5.69 Å². The Morgan fingerprint density at radius 3 is 2.56 bits per heavy atom. The van der Waals surface area contributed by atoms with Crippen LogP contribution in [-0.4, -0.2) is 23.4 Å². The molecule has 0 saturated heterocycles. The number of aromatic nitrogens is 2. The summed E-state index contributed by atoms with van der Waals surface area (Å²) in [6.07, 6.45) is 0. The van der Waals surface area contributed by atoms with Crippen molar-refractivity contribution in [1.82, 2.24) is 10.1 Å². The van der Waals surface area contributed by atoms with Gasteiger partial charge < -0.3 is 19.3 Å². The highest BCUT2D eigenvalue weighted by molar-refractivity contribution is 5.60. The van der Waals surface area contributed by atoms with Gasteiger partial charge >= 0.3 is 0 Å². The van der Waals surface area contributed by atoms with E-state index in [4.69, 9.17) is 19.3 Å². The third-order valence-corrected chi connectivity index (χ3v) is 3.73. The molecule has 0 fully saturated rings. The number of hydrogen-bond acceptors (Lipinski definition) is 7. The van der Waals surface area contributed by atoms with Gasteiger partial charge in [-0.05, 0) is 56.3 Å². The smallest absolute Gasteiger partial charge is 0.246 e. The van der Waals surface area contributed by atoms with Gasteiger partial charge in [-0.15, -0.1) is 0 Å². The summed E-state index contributed by atoms with van der Waals surface area (Å²) in [4.78, 5) is 4.40. The fraction of sp³-hybridized carbons (Fsp3) is 0.250. The highest BCUT2D eigenvalue weighted by Gasteiger charge is 2.11. The third-order valence-electron chi connectivity index (χ3n) is 3.73. The zero-order valence-corrected chi connectivity index (χ0v) is 15.2. The first-order valence-electron chi connectivity index (χ1n) is 8.70. The van der Waals surface area contributed by atoms with E-state index in [9.17, 15) is 0 Å². The minimum absolute atomic E-state index is 0.318. The van der Waals surface area contributed by atoms with E-state index in [1.807, 2.05) is 38.1 Å². The molecule has 138 valence electrons. The lowest BCUT2D eigenvalue weighted by atomic mass is 10.2. The maximum absolute atomic E-state index is 9.08. The Hall–Kier alpha value is -3.53. The lowest BCUT2D eigenvalue weighted by Gasteiger charge is -2.11. The molecule has 0 aliphatic rings. The number of nitrogens with one attached hydrogen (secondary N) is 1. The molecule has 1 heterocycles. The molecule has 3 aromatic rings. The first-order valence-corrected chi connectivity index (χ1v) is 8.70. The first kappa shape index (κ1) is 18.3. The maximum atomic E-state index is 9.08. The van der Waals surface area contributed by atoms with Crippen molar-refractivity contribution in [3.63, 3.8) is 0 Å². The molecule has 1 aromatic heterocycles. The standard InChI is InChI=1S/C20H20N4O3/c1-3-25-16-8-6-15(7-9-16)20-23-19(27-24-20)13-22-17-11-14(12-21)5-10-18(17)26-4-2/h5-11,22H,3-4,13H2,1-2H3. The molecule has 7 nitrogen and oxygen atoms in total. The van der Waals surface area contributed by atoms with Gasteiger partial charge in [0.05, 0.1) is 37.1 Å². The van der Waals surface area contributed by atoms with Gasteiger partial charge in [0, 0.05) is 5.56 Å². The van der Waals surface area contributed by atoms with E-state index < -0.39 is 0 Å². The predicted octanol–water partition coefficient (Wildman–Crippen LogP) is 4.02. The minimum Gasteiger partial charge on any atom is -0.494 e. The van der Waals surface area contributed by atoms with Crippen molar-refractivity contribution in [3.8, 4) is 29.0 Å². The average Bonchev–Trinajstić information content (AvgIpc) is 3.17. The van der Waals surface area contributed by atoms with E-state index in [2.05, 4.69) is 21.5 Å². The van der Waals surface area contributed by atoms with Crippen molar-refractivity contribution >= 4 is 5.69 Å². The average molecular weight is 364 g/mol. The lowest BCUT2D eigenvalue weighted by Crippen LogP contribution is -2.03. The molecule has 3 rings (SSSR count). The second-order valence-electron chi connectivity index (χ2n) is 5.58. The van der Waals surface area contributed by atoms with Gasteiger partial charge in [0.1, 0.15) is 11.5 Å². The van der Waals surface area contributed by atoms with Gasteiger partial charge in [-0.1, -0.05) is 5.16 Å². The van der Waals surface area contributed by atoms with Crippen molar-refractivity contribution in [3.05, 3.63) is 53.9 Å². The van der Waals surface area contributed by atoms with E-state index in [0.717, 1.165) is 11.3 Å². The molecule has 1 N–H and O–H groups in total. The topological polar surface area (TPSA) is 93.2 Å². The quantitative estimate of drug-likeness (QED) is 0.645. The maximum Gasteiger partial charge on any atom is 0.246 e. The Morgan fingerprint density at radius 2 is 1.85 bits per heavy atom. The SMILES string of the molecule is CCOc1ccc(-c2noc(CNc3cc(C#N)ccc3OCC)n2)cc1. The van der Waals surface area contributed by atoms with Crippen LogP contribution in [0.25, 0.3) is 11.4 Å². The molecule has 0 amide bonds. The van der Waals surface area contributed by atoms with Crippen LogP contribution < -0.4 is 14.8 Å². The number of benzene rings is 2. The number of ether oxygens (including phenoxy) is 2. The molecular weight excluding hydrogens is 344 g/mol. The van der Waals surface area contributed by atoms with Gasteiger partial charge in [0.25, 0.3) is 0 Å². The summed E-state index contributed by atoms with van der Waals surface area (Å²) in [5.41, 5.74) is 2.09. The van der Waals surface area contributed by atoms with Crippen LogP contribution in [0.5, 0.6) is 11.5 Å². The lowest BCUT2D eigenvalue weighted by molar-refractivity contribution is 0.340. The van der Waals surface area contributed by atoms with E-state index in [1.54, 1.807) is 18.2 Å². The number of anilines is 1. The fourth-order valence-corrected chi connectivity index (χ4v) is 2.50. The number of rotatable bonds is 8. The van der Waals surface area contributed by atoms with Crippen molar-refractivity contribution < 1.29 is 14.0 Å². The number of nitriles is 1. The number of hydrogen-bond donors (Lipinski definition) is 1. The van der Waals surface area contributed by atoms with Crippen LogP contribution in [-0.2, 0) is 6.54 Å². The Morgan fingerprint density at radius 1 is 1.07 bits per heavy atom. The molecule has 2 aromatic carbocycles. The van der Waals surface area contributed by atoms with Gasteiger partial charge in [-0.3, -0.25) is 0 Å². The molecule has 0 aliphatic carbocycles. The van der Waals surface area contributed by atoms with Crippen molar-refractivity contribution in [1.29, 1.82) is 5.26 Å². The summed E-state index contributed by atoms with van der Waals surface area (Å²) in [6.45, 7) is 5.31. The molecule has 0 aliphatic heterocycles. The molecule has 0 atom stereocenters. The molecule has 0 saturated carbocycles. The minimum atomic E-state index is 0.318. The van der Waals surface area contributed by atoms with Crippen molar-refractivity contribution in [2.24, 2.45) is 0 Å². The van der Waals surface area contributed by atoms with Crippen molar-refractivity contribution in [2.45, 2.75) is 20.4 Å². The monoisotopic (exact) mass is 364 g/mol. The summed E-state index contributed by atoms with van der Waals surface area (Å²) in [6, 6.07) is 14.8. The normalized spacial score (nSPS) is 10.3. The summed E-state index contributed by atoms with van der Waals surface area (Å²) in [5.74, 6) is 2.41. The van der Waals surface area contributed by atoms with Gasteiger partial charge in [-0.2, -0.15) is 10.2 Å². The molecule has 7 heteroatoms. The molecule has 0 bridgehead atoms.